The first-order valence-electron chi connectivity index (χ1n) is 4.85. The van der Waals surface area contributed by atoms with Gasteiger partial charge in [0.1, 0.15) is 0 Å². The molecule has 2 aromatic heterocycles. The molecule has 1 aliphatic rings. The van der Waals surface area contributed by atoms with Crippen LogP contribution in [0.3, 0.4) is 0 Å². The van der Waals surface area contributed by atoms with Gasteiger partial charge in [0.2, 0.25) is 5.28 Å². The zero-order valence-corrected chi connectivity index (χ0v) is 9.65. The Morgan fingerprint density at radius 1 is 1.25 bits per heavy atom. The van der Waals surface area contributed by atoms with E-state index < -0.39 is 0 Å². The second-order valence-electron chi connectivity index (χ2n) is 3.65. The maximum Gasteiger partial charge on any atom is 0.245 e. The topological polar surface area (TPSA) is 56.5 Å². The quantitative estimate of drug-likeness (QED) is 0.826. The van der Waals surface area contributed by atoms with Crippen LogP contribution in [0.15, 0.2) is 12.3 Å². The van der Waals surface area contributed by atoms with Gasteiger partial charge in [-0.05, 0) is 30.5 Å². The van der Waals surface area contributed by atoms with Crippen LogP contribution in [0, 0.1) is 0 Å². The highest BCUT2D eigenvalue weighted by Gasteiger charge is 2.26. The summed E-state index contributed by atoms with van der Waals surface area (Å²) >= 11 is 11.5. The van der Waals surface area contributed by atoms with Gasteiger partial charge in [-0.15, -0.1) is 10.2 Å². The van der Waals surface area contributed by atoms with Gasteiger partial charge in [0.15, 0.2) is 11.0 Å². The zero-order chi connectivity index (χ0) is 11.1. The predicted octanol–water partition coefficient (Wildman–Crippen LogP) is 2.24. The lowest BCUT2D eigenvalue weighted by Gasteiger charge is -2.01. The second-order valence-corrected chi connectivity index (χ2v) is 4.35. The van der Waals surface area contributed by atoms with Gasteiger partial charge in [-0.2, -0.15) is 10.1 Å². The van der Waals surface area contributed by atoms with Crippen LogP contribution in [0.25, 0.3) is 5.82 Å². The monoisotopic (exact) mass is 255 g/mol. The average Bonchev–Trinajstić information content (AvgIpc) is 3.01. The largest absolute Gasteiger partial charge is 0.245 e. The predicted molar refractivity (Wildman–Crippen MR) is 58.9 cm³/mol. The molecular formula is C9H7Cl2N5. The minimum atomic E-state index is 0.0582. The summed E-state index contributed by atoms with van der Waals surface area (Å²) in [7, 11) is 0. The van der Waals surface area contributed by atoms with Crippen LogP contribution in [0.4, 0.5) is 0 Å². The Morgan fingerprint density at radius 2 is 2.06 bits per heavy atom. The highest BCUT2D eigenvalue weighted by Crippen LogP contribution is 2.39. The minimum Gasteiger partial charge on any atom is -0.219 e. The molecule has 0 spiro atoms. The number of hydrogen-bond acceptors (Lipinski definition) is 4. The van der Waals surface area contributed by atoms with Crippen LogP contribution >= 0.6 is 23.2 Å². The van der Waals surface area contributed by atoms with Gasteiger partial charge in [0.05, 0.1) is 5.69 Å². The van der Waals surface area contributed by atoms with Gasteiger partial charge < -0.3 is 0 Å². The molecule has 2 heterocycles. The molecule has 0 atom stereocenters. The van der Waals surface area contributed by atoms with Gasteiger partial charge in [0, 0.05) is 12.1 Å². The van der Waals surface area contributed by atoms with Gasteiger partial charge in [0.25, 0.3) is 0 Å². The molecule has 0 aromatic carbocycles. The van der Waals surface area contributed by atoms with Crippen LogP contribution in [0.5, 0.6) is 0 Å². The third kappa shape index (κ3) is 1.76. The fraction of sp³-hybridized carbons (Fsp3) is 0.333. The van der Waals surface area contributed by atoms with Crippen molar-refractivity contribution in [2.24, 2.45) is 0 Å². The van der Waals surface area contributed by atoms with E-state index in [1.165, 1.54) is 12.8 Å². The molecule has 0 unspecified atom stereocenters. The molecule has 0 aliphatic heterocycles. The van der Waals surface area contributed by atoms with Crippen molar-refractivity contribution in [1.29, 1.82) is 0 Å². The van der Waals surface area contributed by atoms with Crippen molar-refractivity contribution in [2.45, 2.75) is 18.8 Å². The molecule has 5 nitrogen and oxygen atoms in total. The molecule has 0 bridgehead atoms. The van der Waals surface area contributed by atoms with E-state index in [4.69, 9.17) is 23.2 Å². The van der Waals surface area contributed by atoms with Crippen LogP contribution < -0.4 is 0 Å². The molecule has 7 heteroatoms. The van der Waals surface area contributed by atoms with Crippen molar-refractivity contribution in [3.63, 3.8) is 0 Å². The normalized spacial score (nSPS) is 15.4. The highest BCUT2D eigenvalue weighted by molar-refractivity contribution is 6.31. The Balaban J connectivity index is 2.03. The molecule has 82 valence electrons. The highest BCUT2D eigenvalue weighted by atomic mass is 35.5. The van der Waals surface area contributed by atoms with E-state index in [1.54, 1.807) is 10.9 Å². The van der Waals surface area contributed by atoms with Crippen LogP contribution in [-0.4, -0.2) is 25.0 Å². The molecule has 0 radical (unpaired) electrons. The summed E-state index contributed by atoms with van der Waals surface area (Å²) in [6.07, 6.45) is 4.21. The lowest BCUT2D eigenvalue weighted by Crippen LogP contribution is -2.03. The van der Waals surface area contributed by atoms with Gasteiger partial charge >= 0.3 is 0 Å². The van der Waals surface area contributed by atoms with E-state index in [9.17, 15) is 0 Å². The summed E-state index contributed by atoms with van der Waals surface area (Å²) in [6, 6.07) is 1.96. The summed E-state index contributed by atoms with van der Waals surface area (Å²) in [5.74, 6) is 0.999. The Labute approximate surface area is 101 Å². The van der Waals surface area contributed by atoms with E-state index in [2.05, 4.69) is 20.3 Å². The number of rotatable bonds is 2. The fourth-order valence-electron chi connectivity index (χ4n) is 1.48. The van der Waals surface area contributed by atoms with Crippen LogP contribution in [0.1, 0.15) is 24.5 Å². The molecule has 16 heavy (non-hydrogen) atoms. The van der Waals surface area contributed by atoms with Crippen molar-refractivity contribution >= 4 is 23.2 Å². The third-order valence-electron chi connectivity index (χ3n) is 2.43. The van der Waals surface area contributed by atoms with E-state index in [1.807, 2.05) is 6.07 Å². The van der Waals surface area contributed by atoms with E-state index >= 15 is 0 Å². The Kier molecular flexibility index (Phi) is 2.29. The lowest BCUT2D eigenvalue weighted by molar-refractivity contribution is 0.790. The summed E-state index contributed by atoms with van der Waals surface area (Å²) in [5, 5.41) is 11.9. The number of nitrogens with zero attached hydrogens (tertiary/aromatic N) is 5. The molecule has 1 fully saturated rings. The Bertz CT molecular complexity index is 534. The first-order valence-corrected chi connectivity index (χ1v) is 5.61. The van der Waals surface area contributed by atoms with Crippen molar-refractivity contribution in [1.82, 2.24) is 25.0 Å². The maximum absolute atomic E-state index is 5.88. The first-order chi connectivity index (χ1) is 7.74. The molecule has 0 amide bonds. The summed E-state index contributed by atoms with van der Waals surface area (Å²) in [4.78, 5) is 4.00. The minimum absolute atomic E-state index is 0.0582. The van der Waals surface area contributed by atoms with Crippen molar-refractivity contribution in [3.05, 3.63) is 28.4 Å². The summed E-state index contributed by atoms with van der Waals surface area (Å²) < 4.78 is 1.58. The van der Waals surface area contributed by atoms with E-state index in [0.717, 1.165) is 5.69 Å². The fourth-order valence-corrected chi connectivity index (χ4v) is 1.77. The summed E-state index contributed by atoms with van der Waals surface area (Å²) in [6.45, 7) is 0. The SMILES string of the molecule is Clc1nnc(Cl)c(-n2ccc(C3CC3)n2)n1. The first kappa shape index (κ1) is 9.99. The second kappa shape index (κ2) is 3.68. The molecule has 3 rings (SSSR count). The number of halogens is 2. The molecular weight excluding hydrogens is 249 g/mol. The van der Waals surface area contributed by atoms with Crippen molar-refractivity contribution in [2.75, 3.05) is 0 Å². The van der Waals surface area contributed by atoms with Crippen LogP contribution in [-0.2, 0) is 0 Å². The molecule has 0 saturated heterocycles. The van der Waals surface area contributed by atoms with Gasteiger partial charge in [-0.1, -0.05) is 11.6 Å². The van der Waals surface area contributed by atoms with Crippen molar-refractivity contribution < 1.29 is 0 Å². The molecule has 1 aliphatic carbocycles. The van der Waals surface area contributed by atoms with E-state index in [0.29, 0.717) is 11.7 Å². The Morgan fingerprint density at radius 3 is 2.81 bits per heavy atom. The molecule has 0 N–H and O–H groups in total. The van der Waals surface area contributed by atoms with Gasteiger partial charge in [-0.25, -0.2) is 4.68 Å². The Hall–Kier alpha value is -1.20. The smallest absolute Gasteiger partial charge is 0.219 e. The van der Waals surface area contributed by atoms with Crippen LogP contribution in [0.2, 0.25) is 10.4 Å². The zero-order valence-electron chi connectivity index (χ0n) is 8.14. The van der Waals surface area contributed by atoms with Gasteiger partial charge in [-0.3, -0.25) is 0 Å². The molecule has 1 saturated carbocycles. The standard InChI is InChI=1S/C9H7Cl2N5/c10-7-8(12-9(11)14-13-7)16-4-3-6(15-16)5-1-2-5/h3-5H,1-2H2. The third-order valence-corrected chi connectivity index (χ3v) is 2.83. The maximum atomic E-state index is 5.88. The van der Waals surface area contributed by atoms with E-state index in [-0.39, 0.29) is 10.4 Å². The average molecular weight is 256 g/mol. The molecule has 2 aromatic rings. The summed E-state index contributed by atoms with van der Waals surface area (Å²) in [5.41, 5.74) is 1.06. The number of hydrogen-bond donors (Lipinski definition) is 0. The van der Waals surface area contributed by atoms with Crippen molar-refractivity contribution in [3.8, 4) is 5.82 Å². The lowest BCUT2D eigenvalue weighted by atomic mass is 10.3. The number of aromatic nitrogens is 5.